The van der Waals surface area contributed by atoms with E-state index in [9.17, 15) is 14.7 Å². The lowest BCUT2D eigenvalue weighted by Gasteiger charge is -2.40. The number of rotatable bonds is 5. The number of benzene rings is 1. The molecule has 2 aliphatic rings. The Morgan fingerprint density at radius 3 is 2.32 bits per heavy atom. The number of hydrogen-bond acceptors (Lipinski definition) is 3. The zero-order chi connectivity index (χ0) is 23.1. The third kappa shape index (κ3) is 4.82. The second kappa shape index (κ2) is 8.57. The third-order valence-electron chi connectivity index (χ3n) is 6.92. The predicted molar refractivity (Wildman–Crippen MR) is 123 cm³/mol. The zero-order valence-corrected chi connectivity index (χ0v) is 20.2. The zero-order valence-electron chi connectivity index (χ0n) is 20.2. The lowest BCUT2D eigenvalue weighted by Crippen LogP contribution is -2.35. The number of aliphatic carboxylic acids is 1. The van der Waals surface area contributed by atoms with Crippen LogP contribution in [0.1, 0.15) is 112 Å². The summed E-state index contributed by atoms with van der Waals surface area (Å²) < 4.78 is 6.11. The molecule has 1 aromatic rings. The van der Waals surface area contributed by atoms with Crippen molar-refractivity contribution in [3.8, 4) is 0 Å². The normalized spacial score (nSPS) is 24.3. The number of carboxylic acid groups (broad SMARTS) is 1. The number of nitrogens with one attached hydrogen (secondary N) is 1. The minimum atomic E-state index is -1.04. The number of ether oxygens (including phenoxy) is 1. The SMILES string of the molecule is Cc1cc(C(=O)NC(C)C)c2c(c1C(OC(C)(C)C)C(=O)O)C1(CC2)CCC(C)CC1. The summed E-state index contributed by atoms with van der Waals surface area (Å²) in [4.78, 5) is 25.5. The summed E-state index contributed by atoms with van der Waals surface area (Å²) in [6.45, 7) is 13.8. The highest BCUT2D eigenvalue weighted by Crippen LogP contribution is 2.54. The molecule has 0 bridgehead atoms. The van der Waals surface area contributed by atoms with Crippen molar-refractivity contribution in [2.24, 2.45) is 5.92 Å². The smallest absolute Gasteiger partial charge is 0.337 e. The maximum atomic E-state index is 13.1. The van der Waals surface area contributed by atoms with E-state index in [0.717, 1.165) is 60.8 Å². The van der Waals surface area contributed by atoms with Crippen molar-refractivity contribution in [2.45, 2.75) is 110 Å². The van der Waals surface area contributed by atoms with Crippen molar-refractivity contribution in [1.82, 2.24) is 5.32 Å². The van der Waals surface area contributed by atoms with E-state index in [1.165, 1.54) is 0 Å². The Kier molecular flexibility index (Phi) is 6.57. The van der Waals surface area contributed by atoms with Gasteiger partial charge < -0.3 is 15.2 Å². The lowest BCUT2D eigenvalue weighted by atomic mass is 9.65. The van der Waals surface area contributed by atoms with Gasteiger partial charge in [-0.3, -0.25) is 4.79 Å². The van der Waals surface area contributed by atoms with E-state index in [1.54, 1.807) is 0 Å². The Labute approximate surface area is 186 Å². The van der Waals surface area contributed by atoms with Crippen LogP contribution in [0.3, 0.4) is 0 Å². The van der Waals surface area contributed by atoms with Crippen LogP contribution < -0.4 is 5.32 Å². The van der Waals surface area contributed by atoms with Gasteiger partial charge >= 0.3 is 5.97 Å². The molecule has 1 saturated carbocycles. The molecule has 5 heteroatoms. The number of carboxylic acids is 1. The molecule has 1 unspecified atom stereocenters. The van der Waals surface area contributed by atoms with Crippen LogP contribution in [0.25, 0.3) is 0 Å². The predicted octanol–water partition coefficient (Wildman–Crippen LogP) is 5.47. The van der Waals surface area contributed by atoms with Gasteiger partial charge in [-0.2, -0.15) is 0 Å². The molecule has 0 aromatic heterocycles. The fourth-order valence-corrected chi connectivity index (χ4v) is 5.51. The summed E-state index contributed by atoms with van der Waals surface area (Å²) >= 11 is 0. The van der Waals surface area contributed by atoms with Crippen LogP contribution in [0.2, 0.25) is 0 Å². The molecular formula is C26H39NO4. The van der Waals surface area contributed by atoms with Crippen LogP contribution in [0.15, 0.2) is 6.07 Å². The Bertz CT molecular complexity index is 857. The van der Waals surface area contributed by atoms with E-state index in [0.29, 0.717) is 11.5 Å². The van der Waals surface area contributed by atoms with Gasteiger partial charge in [0, 0.05) is 11.6 Å². The number of amides is 1. The standard InChI is InChI=1S/C26H39NO4/c1-15(2)27-23(28)19-14-17(4)20(22(24(29)30)31-25(5,6)7)21-18(19)10-13-26(21)11-8-16(3)9-12-26/h14-16,22H,8-13H2,1-7H3,(H,27,28)(H,29,30). The Morgan fingerprint density at radius 2 is 1.81 bits per heavy atom. The largest absolute Gasteiger partial charge is 0.479 e. The number of fused-ring (bicyclic) bond motifs is 2. The van der Waals surface area contributed by atoms with Crippen molar-refractivity contribution >= 4 is 11.9 Å². The summed E-state index contributed by atoms with van der Waals surface area (Å²) in [5, 5.41) is 13.2. The van der Waals surface area contributed by atoms with Crippen LogP contribution in [-0.2, 0) is 21.4 Å². The average Bonchev–Trinajstić information content (AvgIpc) is 3.00. The third-order valence-corrected chi connectivity index (χ3v) is 6.92. The van der Waals surface area contributed by atoms with Gasteiger partial charge in [0.1, 0.15) is 0 Å². The van der Waals surface area contributed by atoms with E-state index in [4.69, 9.17) is 4.74 Å². The molecule has 0 aliphatic heterocycles. The molecule has 172 valence electrons. The summed E-state index contributed by atoms with van der Waals surface area (Å²) in [7, 11) is 0. The fraction of sp³-hybridized carbons (Fsp3) is 0.692. The van der Waals surface area contributed by atoms with E-state index in [-0.39, 0.29) is 17.4 Å². The fourth-order valence-electron chi connectivity index (χ4n) is 5.51. The van der Waals surface area contributed by atoms with Crippen LogP contribution in [0.4, 0.5) is 0 Å². The molecule has 1 amide bonds. The molecule has 31 heavy (non-hydrogen) atoms. The Hall–Kier alpha value is -1.88. The highest BCUT2D eigenvalue weighted by Gasteiger charge is 2.46. The molecule has 1 spiro atoms. The van der Waals surface area contributed by atoms with E-state index in [2.05, 4.69) is 12.2 Å². The van der Waals surface area contributed by atoms with E-state index < -0.39 is 17.7 Å². The number of hydrogen-bond donors (Lipinski definition) is 2. The summed E-state index contributed by atoms with van der Waals surface area (Å²) in [6, 6.07) is 1.93. The van der Waals surface area contributed by atoms with Gasteiger partial charge in [0.05, 0.1) is 5.60 Å². The molecular weight excluding hydrogens is 390 g/mol. The molecule has 1 aromatic carbocycles. The number of carbonyl (C=O) groups excluding carboxylic acids is 1. The molecule has 2 aliphatic carbocycles. The summed E-state index contributed by atoms with van der Waals surface area (Å²) in [6.07, 6.45) is 5.13. The number of aryl methyl sites for hydroxylation is 1. The molecule has 0 saturated heterocycles. The minimum absolute atomic E-state index is 0.0463. The maximum absolute atomic E-state index is 13.1. The van der Waals surface area contributed by atoms with Crippen molar-refractivity contribution in [1.29, 1.82) is 0 Å². The minimum Gasteiger partial charge on any atom is -0.479 e. The van der Waals surface area contributed by atoms with Gasteiger partial charge in [-0.05, 0) is 120 Å². The molecule has 2 N–H and O–H groups in total. The monoisotopic (exact) mass is 429 g/mol. The van der Waals surface area contributed by atoms with Crippen molar-refractivity contribution < 1.29 is 19.4 Å². The first-order valence-electron chi connectivity index (χ1n) is 11.7. The average molecular weight is 430 g/mol. The molecule has 1 atom stereocenters. The van der Waals surface area contributed by atoms with Gasteiger partial charge in [0.15, 0.2) is 6.10 Å². The van der Waals surface area contributed by atoms with Crippen LogP contribution >= 0.6 is 0 Å². The second-order valence-corrected chi connectivity index (χ2v) is 11.0. The number of carbonyl (C=O) groups is 2. The van der Waals surface area contributed by atoms with Gasteiger partial charge in [0.2, 0.25) is 0 Å². The Morgan fingerprint density at radius 1 is 1.19 bits per heavy atom. The quantitative estimate of drug-likeness (QED) is 0.651. The van der Waals surface area contributed by atoms with Crippen molar-refractivity contribution in [3.05, 3.63) is 33.9 Å². The summed E-state index contributed by atoms with van der Waals surface area (Å²) in [5.74, 6) is -0.343. The van der Waals surface area contributed by atoms with Gasteiger partial charge in [0.25, 0.3) is 5.91 Å². The Balaban J connectivity index is 2.23. The first-order valence-corrected chi connectivity index (χ1v) is 11.7. The van der Waals surface area contributed by atoms with E-state index in [1.807, 2.05) is 47.6 Å². The molecule has 0 radical (unpaired) electrons. The van der Waals surface area contributed by atoms with Crippen LogP contribution in [-0.4, -0.2) is 28.6 Å². The van der Waals surface area contributed by atoms with E-state index >= 15 is 0 Å². The summed E-state index contributed by atoms with van der Waals surface area (Å²) in [5.41, 5.74) is 3.82. The highest BCUT2D eigenvalue weighted by atomic mass is 16.5. The highest BCUT2D eigenvalue weighted by molar-refractivity contribution is 5.97. The van der Waals surface area contributed by atoms with Crippen LogP contribution in [0, 0.1) is 12.8 Å². The maximum Gasteiger partial charge on any atom is 0.337 e. The lowest BCUT2D eigenvalue weighted by molar-refractivity contribution is -0.160. The molecule has 1 fully saturated rings. The van der Waals surface area contributed by atoms with Gasteiger partial charge in [-0.25, -0.2) is 4.79 Å². The first kappa shape index (κ1) is 23.8. The van der Waals surface area contributed by atoms with Gasteiger partial charge in [-0.15, -0.1) is 0 Å². The second-order valence-electron chi connectivity index (χ2n) is 11.0. The molecule has 3 rings (SSSR count). The molecule has 0 heterocycles. The van der Waals surface area contributed by atoms with Gasteiger partial charge in [-0.1, -0.05) is 6.92 Å². The van der Waals surface area contributed by atoms with Crippen molar-refractivity contribution in [3.63, 3.8) is 0 Å². The first-order chi connectivity index (χ1) is 14.3. The van der Waals surface area contributed by atoms with Crippen LogP contribution in [0.5, 0.6) is 0 Å². The molecule has 5 nitrogen and oxygen atoms in total. The van der Waals surface area contributed by atoms with Crippen molar-refractivity contribution in [2.75, 3.05) is 0 Å². The topological polar surface area (TPSA) is 75.6 Å².